The molecule has 1 saturated heterocycles. The van der Waals surface area contributed by atoms with E-state index in [1.165, 1.54) is 0 Å². The fourth-order valence-corrected chi connectivity index (χ4v) is 2.87. The Labute approximate surface area is 133 Å². The van der Waals surface area contributed by atoms with Crippen LogP contribution in [0.15, 0.2) is 30.6 Å². The number of para-hydroxylation sites is 2. The molecular weight excluding hydrogens is 298 g/mol. The van der Waals surface area contributed by atoms with Gasteiger partial charge in [0, 0.05) is 26.1 Å². The topological polar surface area (TPSA) is 93.5 Å². The highest BCUT2D eigenvalue weighted by Crippen LogP contribution is 2.23. The van der Waals surface area contributed by atoms with Gasteiger partial charge in [-0.3, -0.25) is 4.79 Å². The number of carbonyl (C=O) groups is 2. The Balaban J connectivity index is 1.83. The first-order valence-corrected chi connectivity index (χ1v) is 7.58. The van der Waals surface area contributed by atoms with Gasteiger partial charge >= 0.3 is 5.97 Å². The lowest BCUT2D eigenvalue weighted by Gasteiger charge is -2.34. The predicted molar refractivity (Wildman–Crippen MR) is 83.0 cm³/mol. The first kappa shape index (κ1) is 15.5. The van der Waals surface area contributed by atoms with Gasteiger partial charge < -0.3 is 19.7 Å². The summed E-state index contributed by atoms with van der Waals surface area (Å²) in [5, 5.41) is 12.2. The van der Waals surface area contributed by atoms with Crippen LogP contribution in [-0.4, -0.2) is 45.3 Å². The summed E-state index contributed by atoms with van der Waals surface area (Å²) >= 11 is 0. The number of hydrogen-bond donors (Lipinski definition) is 2. The minimum absolute atomic E-state index is 0.269. The first-order valence-electron chi connectivity index (χ1n) is 7.58. The van der Waals surface area contributed by atoms with E-state index in [1.807, 2.05) is 24.3 Å². The Morgan fingerprint density at radius 2 is 2.04 bits per heavy atom. The van der Waals surface area contributed by atoms with Crippen LogP contribution < -0.4 is 5.32 Å². The number of benzene rings is 1. The maximum atomic E-state index is 12.6. The maximum absolute atomic E-state index is 12.6. The van der Waals surface area contributed by atoms with Crippen LogP contribution in [0.5, 0.6) is 0 Å². The van der Waals surface area contributed by atoms with E-state index in [-0.39, 0.29) is 18.7 Å². The Bertz CT molecular complexity index is 734. The molecule has 23 heavy (non-hydrogen) atoms. The van der Waals surface area contributed by atoms with Gasteiger partial charge in [0.1, 0.15) is 11.6 Å². The van der Waals surface area contributed by atoms with Crippen LogP contribution in [-0.2, 0) is 14.3 Å². The van der Waals surface area contributed by atoms with Gasteiger partial charge in [-0.15, -0.1) is 0 Å². The van der Waals surface area contributed by atoms with Gasteiger partial charge in [0.25, 0.3) is 0 Å². The standard InChI is InChI=1S/C16H19N3O4/c1-11(19-10-17-12-4-2-3-5-13(12)19)14(20)18-16(15(21)22)6-8-23-9-7-16/h2-5,10-11H,6-9H2,1H3,(H,18,20)(H,21,22). The van der Waals surface area contributed by atoms with Gasteiger partial charge in [-0.05, 0) is 19.1 Å². The molecule has 1 aliphatic rings. The zero-order valence-electron chi connectivity index (χ0n) is 12.9. The summed E-state index contributed by atoms with van der Waals surface area (Å²) in [5.74, 6) is -1.35. The van der Waals surface area contributed by atoms with Crippen molar-refractivity contribution in [2.45, 2.75) is 31.3 Å². The molecule has 0 radical (unpaired) electrons. The molecule has 0 aliphatic carbocycles. The van der Waals surface area contributed by atoms with Gasteiger partial charge in [0.15, 0.2) is 0 Å². The number of nitrogens with zero attached hydrogens (tertiary/aromatic N) is 2. The number of fused-ring (bicyclic) bond motifs is 1. The third-order valence-corrected chi connectivity index (χ3v) is 4.40. The number of amides is 1. The molecule has 3 rings (SSSR count). The van der Waals surface area contributed by atoms with Crippen molar-refractivity contribution in [3.8, 4) is 0 Å². The minimum Gasteiger partial charge on any atom is -0.480 e. The van der Waals surface area contributed by atoms with Gasteiger partial charge in [0.05, 0.1) is 17.4 Å². The van der Waals surface area contributed by atoms with Crippen LogP contribution in [0.25, 0.3) is 11.0 Å². The molecule has 7 nitrogen and oxygen atoms in total. The Kier molecular flexibility index (Phi) is 4.04. The molecule has 1 aromatic carbocycles. The number of nitrogens with one attached hydrogen (secondary N) is 1. The largest absolute Gasteiger partial charge is 0.480 e. The number of carbonyl (C=O) groups excluding carboxylic acids is 1. The lowest BCUT2D eigenvalue weighted by Crippen LogP contribution is -2.58. The van der Waals surface area contributed by atoms with E-state index in [1.54, 1.807) is 17.8 Å². The second-order valence-electron chi connectivity index (χ2n) is 5.81. The fraction of sp³-hybridized carbons (Fsp3) is 0.438. The van der Waals surface area contributed by atoms with E-state index in [0.717, 1.165) is 11.0 Å². The molecule has 2 N–H and O–H groups in total. The van der Waals surface area contributed by atoms with Crippen molar-refractivity contribution in [1.82, 2.24) is 14.9 Å². The monoisotopic (exact) mass is 317 g/mol. The molecule has 0 bridgehead atoms. The molecule has 0 saturated carbocycles. The van der Waals surface area contributed by atoms with Gasteiger partial charge in [-0.1, -0.05) is 12.1 Å². The number of rotatable bonds is 4. The average molecular weight is 317 g/mol. The number of carboxylic acids is 1. The van der Waals surface area contributed by atoms with Crippen molar-refractivity contribution >= 4 is 22.9 Å². The molecular formula is C16H19N3O4. The van der Waals surface area contributed by atoms with Crippen LogP contribution in [0.1, 0.15) is 25.8 Å². The average Bonchev–Trinajstić information content (AvgIpc) is 2.98. The number of ether oxygens (including phenoxy) is 1. The number of carboxylic acid groups (broad SMARTS) is 1. The van der Waals surface area contributed by atoms with Crippen LogP contribution >= 0.6 is 0 Å². The minimum atomic E-state index is -1.25. The summed E-state index contributed by atoms with van der Waals surface area (Å²) in [6.07, 6.45) is 2.14. The Morgan fingerprint density at radius 3 is 2.74 bits per heavy atom. The smallest absolute Gasteiger partial charge is 0.329 e. The van der Waals surface area contributed by atoms with E-state index in [9.17, 15) is 14.7 Å². The SMILES string of the molecule is CC(C(=O)NC1(C(=O)O)CCOCC1)n1cnc2ccccc21. The quantitative estimate of drug-likeness (QED) is 0.888. The summed E-state index contributed by atoms with van der Waals surface area (Å²) in [7, 11) is 0. The second-order valence-corrected chi connectivity index (χ2v) is 5.81. The Hall–Kier alpha value is -2.41. The van der Waals surface area contributed by atoms with Crippen LogP contribution in [0.2, 0.25) is 0 Å². The zero-order valence-corrected chi connectivity index (χ0v) is 12.9. The number of imidazole rings is 1. The molecule has 1 fully saturated rings. The molecule has 1 amide bonds. The molecule has 1 aromatic heterocycles. The summed E-state index contributed by atoms with van der Waals surface area (Å²) in [6.45, 7) is 2.39. The van der Waals surface area contributed by atoms with Crippen molar-refractivity contribution in [3.05, 3.63) is 30.6 Å². The summed E-state index contributed by atoms with van der Waals surface area (Å²) in [5.41, 5.74) is 0.387. The van der Waals surface area contributed by atoms with E-state index < -0.39 is 17.6 Å². The summed E-state index contributed by atoms with van der Waals surface area (Å²) in [4.78, 5) is 28.5. The number of hydrogen-bond acceptors (Lipinski definition) is 4. The van der Waals surface area contributed by atoms with Gasteiger partial charge in [0.2, 0.25) is 5.91 Å². The van der Waals surface area contributed by atoms with Crippen molar-refractivity contribution in [2.75, 3.05) is 13.2 Å². The van der Waals surface area contributed by atoms with Crippen LogP contribution in [0.3, 0.4) is 0 Å². The lowest BCUT2D eigenvalue weighted by molar-refractivity contribution is -0.152. The van der Waals surface area contributed by atoms with Crippen molar-refractivity contribution < 1.29 is 19.4 Å². The van der Waals surface area contributed by atoms with E-state index in [0.29, 0.717) is 13.2 Å². The molecule has 0 spiro atoms. The predicted octanol–water partition coefficient (Wildman–Crippen LogP) is 1.35. The van der Waals surface area contributed by atoms with Crippen LogP contribution in [0, 0.1) is 0 Å². The van der Waals surface area contributed by atoms with E-state index >= 15 is 0 Å². The van der Waals surface area contributed by atoms with E-state index in [4.69, 9.17) is 4.74 Å². The molecule has 122 valence electrons. The molecule has 1 unspecified atom stereocenters. The van der Waals surface area contributed by atoms with Crippen molar-refractivity contribution in [3.63, 3.8) is 0 Å². The highest BCUT2D eigenvalue weighted by Gasteiger charge is 2.42. The zero-order chi connectivity index (χ0) is 16.4. The van der Waals surface area contributed by atoms with Gasteiger partial charge in [-0.25, -0.2) is 9.78 Å². The third-order valence-electron chi connectivity index (χ3n) is 4.40. The third kappa shape index (κ3) is 2.79. The normalized spacial score (nSPS) is 18.5. The second kappa shape index (κ2) is 6.00. The lowest BCUT2D eigenvalue weighted by atomic mass is 9.90. The molecule has 7 heteroatoms. The fourth-order valence-electron chi connectivity index (χ4n) is 2.87. The summed E-state index contributed by atoms with van der Waals surface area (Å²) in [6, 6.07) is 6.96. The van der Waals surface area contributed by atoms with Crippen molar-refractivity contribution in [2.24, 2.45) is 0 Å². The molecule has 1 atom stereocenters. The Morgan fingerprint density at radius 1 is 1.35 bits per heavy atom. The summed E-state index contributed by atoms with van der Waals surface area (Å²) < 4.78 is 6.97. The van der Waals surface area contributed by atoms with Gasteiger partial charge in [-0.2, -0.15) is 0 Å². The number of aromatic nitrogens is 2. The van der Waals surface area contributed by atoms with E-state index in [2.05, 4.69) is 10.3 Å². The molecule has 2 heterocycles. The maximum Gasteiger partial charge on any atom is 0.329 e. The molecule has 1 aliphatic heterocycles. The van der Waals surface area contributed by atoms with Crippen LogP contribution in [0.4, 0.5) is 0 Å². The highest BCUT2D eigenvalue weighted by molar-refractivity contribution is 5.89. The van der Waals surface area contributed by atoms with Crippen molar-refractivity contribution in [1.29, 1.82) is 0 Å². The molecule has 2 aromatic rings. The highest BCUT2D eigenvalue weighted by atomic mass is 16.5. The number of aliphatic carboxylic acids is 1. The first-order chi connectivity index (χ1) is 11.0.